The van der Waals surface area contributed by atoms with Gasteiger partial charge in [0.05, 0.1) is 6.61 Å². The van der Waals surface area contributed by atoms with Gasteiger partial charge in [0, 0.05) is 18.5 Å². The molecule has 0 aromatic heterocycles. The summed E-state index contributed by atoms with van der Waals surface area (Å²) in [6, 6.07) is -2.05. The Balaban J connectivity index is 1.84. The zero-order valence-electron chi connectivity index (χ0n) is 21.3. The highest BCUT2D eigenvalue weighted by molar-refractivity contribution is 5.96. The standard InChI is InChI=1S/C25H40N4O6/c1-5-34-22(32)25-14-16(25)11-9-7-6-8-10-12-18(27-23(33)35-24(2,3)4)21(31)29-15-17(26)13-19(29)20(30)28-25/h9,11,16-19H,5-8,10,12-15,26H2,1-4H3,(H,27,33)(H,28,30)/b11-9-/t16-,17-,18+,19+,25-/m1/s1. The van der Waals surface area contributed by atoms with Crippen LogP contribution in [0.5, 0.6) is 0 Å². The van der Waals surface area contributed by atoms with Crippen molar-refractivity contribution in [2.24, 2.45) is 11.7 Å². The Morgan fingerprint density at radius 2 is 2.00 bits per heavy atom. The van der Waals surface area contributed by atoms with Crippen molar-refractivity contribution in [1.29, 1.82) is 0 Å². The molecule has 0 aromatic carbocycles. The van der Waals surface area contributed by atoms with Crippen molar-refractivity contribution in [3.05, 3.63) is 12.2 Å². The topological polar surface area (TPSA) is 140 Å². The number of hydrogen-bond acceptors (Lipinski definition) is 7. The summed E-state index contributed by atoms with van der Waals surface area (Å²) in [4.78, 5) is 53.7. The fourth-order valence-electron chi connectivity index (χ4n) is 4.83. The van der Waals surface area contributed by atoms with Gasteiger partial charge in [-0.05, 0) is 59.8 Å². The van der Waals surface area contributed by atoms with Crippen molar-refractivity contribution in [1.82, 2.24) is 15.5 Å². The Morgan fingerprint density at radius 3 is 2.69 bits per heavy atom. The van der Waals surface area contributed by atoms with Crippen molar-refractivity contribution in [3.8, 4) is 0 Å². The number of allylic oxidation sites excluding steroid dienone is 1. The fourth-order valence-corrected chi connectivity index (χ4v) is 4.83. The average Bonchev–Trinajstić information content (AvgIpc) is 3.30. The number of rotatable bonds is 3. The van der Waals surface area contributed by atoms with Gasteiger partial charge < -0.3 is 30.7 Å². The molecular formula is C25H40N4O6. The molecule has 5 atom stereocenters. The highest BCUT2D eigenvalue weighted by Crippen LogP contribution is 2.46. The Bertz CT molecular complexity index is 853. The van der Waals surface area contributed by atoms with E-state index in [2.05, 4.69) is 10.6 Å². The summed E-state index contributed by atoms with van der Waals surface area (Å²) in [6.45, 7) is 7.39. The molecule has 1 aliphatic carbocycles. The normalized spacial score (nSPS) is 32.8. The molecule has 10 nitrogen and oxygen atoms in total. The third-order valence-electron chi connectivity index (χ3n) is 6.64. The van der Waals surface area contributed by atoms with Gasteiger partial charge in [0.25, 0.3) is 0 Å². The molecule has 0 unspecified atom stereocenters. The van der Waals surface area contributed by atoms with Gasteiger partial charge in [0.15, 0.2) is 0 Å². The minimum absolute atomic E-state index is 0.142. The van der Waals surface area contributed by atoms with Crippen molar-refractivity contribution in [2.75, 3.05) is 13.2 Å². The van der Waals surface area contributed by atoms with Crippen LogP contribution in [0.4, 0.5) is 4.79 Å². The molecule has 1 saturated heterocycles. The molecule has 10 heteroatoms. The number of ether oxygens (including phenoxy) is 2. The number of hydrogen-bond donors (Lipinski definition) is 3. The van der Waals surface area contributed by atoms with Crippen LogP contribution in [0.3, 0.4) is 0 Å². The van der Waals surface area contributed by atoms with E-state index in [4.69, 9.17) is 15.2 Å². The molecule has 2 fully saturated rings. The van der Waals surface area contributed by atoms with Crippen LogP contribution in [0.15, 0.2) is 12.2 Å². The smallest absolute Gasteiger partial charge is 0.408 e. The Kier molecular flexibility index (Phi) is 8.46. The maximum absolute atomic E-state index is 13.6. The minimum Gasteiger partial charge on any atom is -0.464 e. The number of nitrogens with zero attached hydrogens (tertiary/aromatic N) is 1. The molecule has 4 N–H and O–H groups in total. The molecule has 0 bridgehead atoms. The second kappa shape index (κ2) is 11.0. The van der Waals surface area contributed by atoms with Gasteiger partial charge in [-0.25, -0.2) is 9.59 Å². The van der Waals surface area contributed by atoms with Crippen LogP contribution in [0, 0.1) is 5.92 Å². The summed E-state index contributed by atoms with van der Waals surface area (Å²) in [7, 11) is 0. The predicted molar refractivity (Wildman–Crippen MR) is 129 cm³/mol. The van der Waals surface area contributed by atoms with Crippen LogP contribution >= 0.6 is 0 Å². The molecule has 2 aliphatic heterocycles. The van der Waals surface area contributed by atoms with Crippen LogP contribution in [0.2, 0.25) is 0 Å². The van der Waals surface area contributed by atoms with Crippen molar-refractivity contribution >= 4 is 23.9 Å². The number of alkyl carbamates (subject to hydrolysis) is 1. The van der Waals surface area contributed by atoms with Crippen LogP contribution in [0.1, 0.15) is 72.6 Å². The maximum Gasteiger partial charge on any atom is 0.408 e. The second-order valence-corrected chi connectivity index (χ2v) is 10.8. The molecule has 3 aliphatic rings. The first-order valence-electron chi connectivity index (χ1n) is 12.7. The minimum atomic E-state index is -1.11. The van der Waals surface area contributed by atoms with E-state index in [1.807, 2.05) is 12.2 Å². The molecule has 2 heterocycles. The first-order valence-corrected chi connectivity index (χ1v) is 12.7. The van der Waals surface area contributed by atoms with Crippen molar-refractivity contribution in [3.63, 3.8) is 0 Å². The van der Waals surface area contributed by atoms with E-state index >= 15 is 0 Å². The van der Waals surface area contributed by atoms with Gasteiger partial charge in [-0.15, -0.1) is 0 Å². The van der Waals surface area contributed by atoms with Crippen LogP contribution in [-0.2, 0) is 23.9 Å². The van der Waals surface area contributed by atoms with Crippen LogP contribution in [-0.4, -0.2) is 71.2 Å². The van der Waals surface area contributed by atoms with E-state index in [0.717, 1.165) is 25.7 Å². The van der Waals surface area contributed by atoms with Gasteiger partial charge >= 0.3 is 12.1 Å². The lowest BCUT2D eigenvalue weighted by Gasteiger charge is -2.30. The van der Waals surface area contributed by atoms with E-state index in [1.165, 1.54) is 4.90 Å². The van der Waals surface area contributed by atoms with Gasteiger partial charge in [0.1, 0.15) is 23.2 Å². The molecular weight excluding hydrogens is 452 g/mol. The number of amides is 3. The fraction of sp³-hybridized carbons (Fsp3) is 0.760. The van der Waals surface area contributed by atoms with Crippen molar-refractivity contribution < 1.29 is 28.7 Å². The van der Waals surface area contributed by atoms with E-state index in [-0.39, 0.29) is 37.4 Å². The molecule has 3 amide bonds. The van der Waals surface area contributed by atoms with Gasteiger partial charge in [0.2, 0.25) is 11.8 Å². The third-order valence-corrected chi connectivity index (χ3v) is 6.64. The molecule has 196 valence electrons. The zero-order valence-corrected chi connectivity index (χ0v) is 21.3. The third kappa shape index (κ3) is 6.74. The Morgan fingerprint density at radius 1 is 1.26 bits per heavy atom. The number of fused-ring (bicyclic) bond motifs is 2. The summed E-state index contributed by atoms with van der Waals surface area (Å²) in [5, 5.41) is 5.60. The van der Waals surface area contributed by atoms with E-state index in [0.29, 0.717) is 12.8 Å². The van der Waals surface area contributed by atoms with Gasteiger partial charge in [-0.2, -0.15) is 0 Å². The number of nitrogens with two attached hydrogens (primary N) is 1. The quantitative estimate of drug-likeness (QED) is 0.403. The lowest BCUT2D eigenvalue weighted by molar-refractivity contribution is -0.150. The molecule has 3 rings (SSSR count). The van der Waals surface area contributed by atoms with Crippen LogP contribution in [0.25, 0.3) is 0 Å². The zero-order chi connectivity index (χ0) is 25.8. The summed E-state index contributed by atoms with van der Waals surface area (Å²) < 4.78 is 10.6. The summed E-state index contributed by atoms with van der Waals surface area (Å²) in [6.07, 6.45) is 7.84. The SMILES string of the molecule is CCOC(=O)[C@@]12C[C@H]1/C=C\CCCCC[C@H](NC(=O)OC(C)(C)C)C(=O)N1C[C@H](N)C[C@H]1C(=O)N2. The number of carbonyl (C=O) groups excluding carboxylic acids is 4. The monoisotopic (exact) mass is 492 g/mol. The average molecular weight is 493 g/mol. The van der Waals surface area contributed by atoms with Crippen molar-refractivity contribution in [2.45, 2.75) is 102 Å². The summed E-state index contributed by atoms with van der Waals surface area (Å²) >= 11 is 0. The lowest BCUT2D eigenvalue weighted by atomic mass is 10.0. The number of nitrogens with one attached hydrogen (secondary N) is 2. The summed E-state index contributed by atoms with van der Waals surface area (Å²) in [5.74, 6) is -1.40. The number of esters is 1. The predicted octanol–water partition coefficient (Wildman–Crippen LogP) is 1.77. The first-order chi connectivity index (χ1) is 16.5. The molecule has 35 heavy (non-hydrogen) atoms. The van der Waals surface area contributed by atoms with E-state index < -0.39 is 41.2 Å². The highest BCUT2D eigenvalue weighted by Gasteiger charge is 2.62. The first kappa shape index (κ1) is 27.0. The molecule has 0 radical (unpaired) electrons. The number of carbonyl (C=O) groups is 4. The molecule has 1 saturated carbocycles. The summed E-state index contributed by atoms with van der Waals surface area (Å²) in [5.41, 5.74) is 4.34. The molecule has 0 spiro atoms. The maximum atomic E-state index is 13.6. The highest BCUT2D eigenvalue weighted by atomic mass is 16.6. The largest absolute Gasteiger partial charge is 0.464 e. The van der Waals surface area contributed by atoms with E-state index in [9.17, 15) is 19.2 Å². The van der Waals surface area contributed by atoms with Gasteiger partial charge in [-0.3, -0.25) is 9.59 Å². The Labute approximate surface area is 207 Å². The van der Waals surface area contributed by atoms with Crippen LogP contribution < -0.4 is 16.4 Å². The van der Waals surface area contributed by atoms with Gasteiger partial charge in [-0.1, -0.05) is 25.0 Å². The Hall–Kier alpha value is -2.62. The van der Waals surface area contributed by atoms with E-state index in [1.54, 1.807) is 27.7 Å². The second-order valence-electron chi connectivity index (χ2n) is 10.8. The molecule has 0 aromatic rings. The lowest BCUT2D eigenvalue weighted by Crippen LogP contribution is -2.56.